The lowest BCUT2D eigenvalue weighted by Gasteiger charge is -2.40. The highest BCUT2D eigenvalue weighted by atomic mass is 16.5. The molecule has 8 nitrogen and oxygen atoms in total. The molecule has 1 aliphatic heterocycles. The van der Waals surface area contributed by atoms with Crippen LogP contribution in [0.4, 0.5) is 5.69 Å². The van der Waals surface area contributed by atoms with Crippen LogP contribution < -0.4 is 15.1 Å². The molecule has 0 spiro atoms. The molecule has 0 radical (unpaired) electrons. The number of pyridine rings is 3. The number of para-hydroxylation sites is 1. The molecule has 1 atom stereocenters. The molecule has 0 aliphatic carbocycles. The summed E-state index contributed by atoms with van der Waals surface area (Å²) in [7, 11) is 2.05. The fourth-order valence-corrected chi connectivity index (χ4v) is 5.35. The summed E-state index contributed by atoms with van der Waals surface area (Å²) >= 11 is 0. The summed E-state index contributed by atoms with van der Waals surface area (Å²) in [5, 5.41) is 9.74. The third-order valence-electron chi connectivity index (χ3n) is 7.31. The molecule has 0 bridgehead atoms. The molecule has 1 aliphatic rings. The lowest BCUT2D eigenvalue weighted by Crippen LogP contribution is -2.47. The average molecular weight is 514 g/mol. The number of anilines is 1. The van der Waals surface area contributed by atoms with Crippen LogP contribution in [0.1, 0.15) is 29.8 Å². The summed E-state index contributed by atoms with van der Waals surface area (Å²) in [6, 6.07) is 18.0. The zero-order chi connectivity index (χ0) is 26.5. The van der Waals surface area contributed by atoms with Gasteiger partial charge < -0.3 is 19.3 Å². The molecule has 0 unspecified atom stereocenters. The van der Waals surface area contributed by atoms with E-state index >= 15 is 0 Å². The molecule has 5 rings (SSSR count). The van der Waals surface area contributed by atoms with E-state index in [0.717, 1.165) is 60.5 Å². The molecular formula is C30H35N5O3. The Morgan fingerprint density at radius 2 is 1.97 bits per heavy atom. The number of fused-ring (bicyclic) bond motifs is 1. The van der Waals surface area contributed by atoms with Crippen molar-refractivity contribution in [3.63, 3.8) is 0 Å². The van der Waals surface area contributed by atoms with Crippen molar-refractivity contribution in [2.24, 2.45) is 7.05 Å². The Morgan fingerprint density at radius 1 is 1.11 bits per heavy atom. The quantitative estimate of drug-likeness (QED) is 0.366. The average Bonchev–Trinajstić information content (AvgIpc) is 2.94. The number of piperidine rings is 1. The summed E-state index contributed by atoms with van der Waals surface area (Å²) in [5.74, 6) is 0.517. The summed E-state index contributed by atoms with van der Waals surface area (Å²) in [4.78, 5) is 26.6. The van der Waals surface area contributed by atoms with Gasteiger partial charge in [-0.1, -0.05) is 12.1 Å². The second kappa shape index (κ2) is 11.8. The molecule has 4 aromatic rings. The monoisotopic (exact) mass is 513 g/mol. The summed E-state index contributed by atoms with van der Waals surface area (Å²) in [6.45, 7) is 5.49. The first kappa shape index (κ1) is 25.9. The molecule has 3 aromatic heterocycles. The Morgan fingerprint density at radius 3 is 2.76 bits per heavy atom. The molecule has 1 fully saturated rings. The van der Waals surface area contributed by atoms with Gasteiger partial charge in [-0.25, -0.2) is 4.98 Å². The highest BCUT2D eigenvalue weighted by molar-refractivity contribution is 5.79. The Labute approximate surface area is 223 Å². The second-order valence-corrected chi connectivity index (χ2v) is 9.96. The van der Waals surface area contributed by atoms with E-state index in [2.05, 4.69) is 36.5 Å². The van der Waals surface area contributed by atoms with Crippen LogP contribution in [0.3, 0.4) is 0 Å². The van der Waals surface area contributed by atoms with E-state index in [1.165, 1.54) is 5.56 Å². The van der Waals surface area contributed by atoms with Crippen LogP contribution >= 0.6 is 0 Å². The predicted octanol–water partition coefficient (Wildman–Crippen LogP) is 3.68. The van der Waals surface area contributed by atoms with E-state index in [0.29, 0.717) is 18.5 Å². The summed E-state index contributed by atoms with van der Waals surface area (Å²) in [6.07, 6.45) is 5.86. The van der Waals surface area contributed by atoms with Gasteiger partial charge in [0.25, 0.3) is 0 Å². The van der Waals surface area contributed by atoms with Gasteiger partial charge in [0.05, 0.1) is 24.0 Å². The van der Waals surface area contributed by atoms with Crippen LogP contribution in [-0.2, 0) is 20.1 Å². The predicted molar refractivity (Wildman–Crippen MR) is 149 cm³/mol. The second-order valence-electron chi connectivity index (χ2n) is 9.96. The first-order chi connectivity index (χ1) is 18.5. The van der Waals surface area contributed by atoms with Gasteiger partial charge in [-0.05, 0) is 55.7 Å². The van der Waals surface area contributed by atoms with Gasteiger partial charge in [-0.15, -0.1) is 0 Å². The fourth-order valence-electron chi connectivity index (χ4n) is 5.35. The number of aromatic nitrogens is 3. The Hall–Kier alpha value is -3.75. The summed E-state index contributed by atoms with van der Waals surface area (Å²) < 4.78 is 7.58. The first-order valence-electron chi connectivity index (χ1n) is 13.2. The van der Waals surface area contributed by atoms with E-state index in [1.807, 2.05) is 62.8 Å². The van der Waals surface area contributed by atoms with Crippen molar-refractivity contribution >= 4 is 16.6 Å². The van der Waals surface area contributed by atoms with Gasteiger partial charge in [0.1, 0.15) is 6.61 Å². The van der Waals surface area contributed by atoms with Gasteiger partial charge in [0.15, 0.2) is 5.43 Å². The van der Waals surface area contributed by atoms with Crippen LogP contribution in [0.2, 0.25) is 0 Å². The molecule has 1 aromatic carbocycles. The maximum Gasteiger partial charge on any atom is 0.213 e. The standard InChI is InChI=1S/C30H35N5O3/c1-22-16-23(11-12-31-22)19-35(21-26-17-29(37)27-7-3-4-8-28(27)33(26)2)25-6-5-13-34(20-25)24-9-10-30(32-18-24)38-15-14-36/h3-4,7-12,16-18,25,36H,5-6,13-15,19-21H2,1-2H3/t25-/m0/s1. The van der Waals surface area contributed by atoms with Crippen molar-refractivity contribution in [2.45, 2.75) is 38.9 Å². The zero-order valence-corrected chi connectivity index (χ0v) is 22.1. The van der Waals surface area contributed by atoms with Crippen molar-refractivity contribution in [1.82, 2.24) is 19.4 Å². The van der Waals surface area contributed by atoms with Gasteiger partial charge >= 0.3 is 0 Å². The van der Waals surface area contributed by atoms with Gasteiger partial charge in [0, 0.05) is 74.4 Å². The lowest BCUT2D eigenvalue weighted by molar-refractivity contribution is 0.155. The largest absolute Gasteiger partial charge is 0.475 e. The van der Waals surface area contributed by atoms with Crippen molar-refractivity contribution in [1.29, 1.82) is 0 Å². The smallest absolute Gasteiger partial charge is 0.213 e. The molecule has 198 valence electrons. The van der Waals surface area contributed by atoms with E-state index < -0.39 is 0 Å². The first-order valence-corrected chi connectivity index (χ1v) is 13.2. The number of rotatable bonds is 9. The number of aryl methyl sites for hydroxylation is 2. The molecule has 1 N–H and O–H groups in total. The normalized spacial score (nSPS) is 15.8. The molecular weight excluding hydrogens is 478 g/mol. The highest BCUT2D eigenvalue weighted by Gasteiger charge is 2.27. The summed E-state index contributed by atoms with van der Waals surface area (Å²) in [5.41, 5.74) is 5.29. The van der Waals surface area contributed by atoms with Crippen LogP contribution in [0.5, 0.6) is 5.88 Å². The van der Waals surface area contributed by atoms with Crippen molar-refractivity contribution in [2.75, 3.05) is 31.2 Å². The highest BCUT2D eigenvalue weighted by Crippen LogP contribution is 2.26. The van der Waals surface area contributed by atoms with Gasteiger partial charge in [-0.2, -0.15) is 0 Å². The Bertz CT molecular complexity index is 1440. The zero-order valence-electron chi connectivity index (χ0n) is 22.1. The van der Waals surface area contributed by atoms with Gasteiger partial charge in [0.2, 0.25) is 5.88 Å². The van der Waals surface area contributed by atoms with Crippen LogP contribution in [0.15, 0.2) is 71.8 Å². The van der Waals surface area contributed by atoms with Crippen LogP contribution in [0.25, 0.3) is 10.9 Å². The third-order valence-corrected chi connectivity index (χ3v) is 7.31. The number of benzene rings is 1. The number of aliphatic hydroxyl groups is 1. The SMILES string of the molecule is Cc1cc(CN(Cc2cc(=O)c3ccccc3n2C)[C@H]2CCCN(c3ccc(OCCO)nc3)C2)ccn1. The number of ether oxygens (including phenoxy) is 1. The fraction of sp³-hybridized carbons (Fsp3) is 0.367. The number of hydrogen-bond acceptors (Lipinski definition) is 7. The molecule has 0 saturated carbocycles. The van der Waals surface area contributed by atoms with Gasteiger partial charge in [-0.3, -0.25) is 14.7 Å². The van der Waals surface area contributed by atoms with E-state index in [1.54, 1.807) is 6.07 Å². The topological polar surface area (TPSA) is 83.7 Å². The maximum atomic E-state index is 13.0. The minimum Gasteiger partial charge on any atom is -0.475 e. The lowest BCUT2D eigenvalue weighted by atomic mass is 10.0. The maximum absolute atomic E-state index is 13.0. The van der Waals surface area contributed by atoms with E-state index in [-0.39, 0.29) is 18.6 Å². The molecule has 4 heterocycles. The molecule has 38 heavy (non-hydrogen) atoms. The van der Waals surface area contributed by atoms with E-state index in [9.17, 15) is 4.79 Å². The van der Waals surface area contributed by atoms with Crippen molar-refractivity contribution in [3.8, 4) is 5.88 Å². The number of nitrogens with zero attached hydrogens (tertiary/aromatic N) is 5. The number of aliphatic hydroxyl groups excluding tert-OH is 1. The third kappa shape index (κ3) is 5.87. The molecule has 0 amide bonds. The van der Waals surface area contributed by atoms with Crippen LogP contribution in [-0.4, -0.2) is 56.9 Å². The molecule has 1 saturated heterocycles. The molecule has 8 heteroatoms. The number of hydrogen-bond donors (Lipinski definition) is 1. The minimum atomic E-state index is -0.0348. The van der Waals surface area contributed by atoms with E-state index in [4.69, 9.17) is 9.84 Å². The minimum absolute atomic E-state index is 0.0348. The Kier molecular flexibility index (Phi) is 8.00. The Balaban J connectivity index is 1.42. The van der Waals surface area contributed by atoms with Crippen molar-refractivity contribution in [3.05, 3.63) is 94.2 Å². The van der Waals surface area contributed by atoms with Crippen molar-refractivity contribution < 1.29 is 9.84 Å². The van der Waals surface area contributed by atoms with Crippen LogP contribution in [0, 0.1) is 6.92 Å².